The van der Waals surface area contributed by atoms with Crippen LogP contribution in [0.5, 0.6) is 17.2 Å². The molecule has 10 heteroatoms. The topological polar surface area (TPSA) is 104 Å². The summed E-state index contributed by atoms with van der Waals surface area (Å²) >= 11 is 0. The Morgan fingerprint density at radius 1 is 1.13 bits per heavy atom. The first-order valence-electron chi connectivity index (χ1n) is 12.5. The number of fused-ring (bicyclic) bond motifs is 2. The average molecular weight is 513 g/mol. The monoisotopic (exact) mass is 512 g/mol. The summed E-state index contributed by atoms with van der Waals surface area (Å²) in [5, 5.41) is 15.7. The smallest absolute Gasteiger partial charge is 0.251 e. The molecule has 0 saturated heterocycles. The average Bonchev–Trinajstić information content (AvgIpc) is 3.62. The van der Waals surface area contributed by atoms with Crippen LogP contribution in [0.1, 0.15) is 38.9 Å². The van der Waals surface area contributed by atoms with Gasteiger partial charge in [-0.2, -0.15) is 4.68 Å². The highest BCUT2D eigenvalue weighted by molar-refractivity contribution is 5.94. The van der Waals surface area contributed by atoms with Crippen LogP contribution in [0.25, 0.3) is 5.69 Å². The molecule has 0 radical (unpaired) electrons. The van der Waals surface area contributed by atoms with Gasteiger partial charge in [-0.3, -0.25) is 9.69 Å². The van der Waals surface area contributed by atoms with E-state index in [4.69, 9.17) is 14.2 Å². The van der Waals surface area contributed by atoms with E-state index in [2.05, 4.69) is 37.9 Å². The summed E-state index contributed by atoms with van der Waals surface area (Å²) in [7, 11) is 3.68. The highest BCUT2D eigenvalue weighted by atomic mass is 16.7. The van der Waals surface area contributed by atoms with Crippen LogP contribution in [0, 0.1) is 0 Å². The molecule has 4 aromatic rings. The fraction of sp³-hybridized carbons (Fsp3) is 0.286. The van der Waals surface area contributed by atoms with Gasteiger partial charge in [0, 0.05) is 24.2 Å². The van der Waals surface area contributed by atoms with Crippen molar-refractivity contribution in [2.75, 3.05) is 34.0 Å². The fourth-order valence-electron chi connectivity index (χ4n) is 5.13. The van der Waals surface area contributed by atoms with Crippen LogP contribution in [-0.2, 0) is 12.8 Å². The maximum Gasteiger partial charge on any atom is 0.251 e. The van der Waals surface area contributed by atoms with E-state index in [-0.39, 0.29) is 18.7 Å². The van der Waals surface area contributed by atoms with Crippen molar-refractivity contribution in [2.24, 2.45) is 0 Å². The van der Waals surface area contributed by atoms with E-state index in [1.807, 2.05) is 43.4 Å². The molecule has 1 unspecified atom stereocenters. The van der Waals surface area contributed by atoms with Crippen molar-refractivity contribution in [2.45, 2.75) is 18.9 Å². The zero-order valence-corrected chi connectivity index (χ0v) is 21.3. The van der Waals surface area contributed by atoms with Crippen molar-refractivity contribution in [3.63, 3.8) is 0 Å². The minimum atomic E-state index is -0.265. The molecule has 194 valence electrons. The Hall–Kier alpha value is -4.44. The Morgan fingerprint density at radius 2 is 1.95 bits per heavy atom. The standard InChI is InChI=1S/C28H28N6O4/c1-33-15-13-20-16-22-25(38-17-37-22)26(36-2)23(20)24(33)27-30-31-32-34(27)21-10-8-19(9-11-21)28(35)29-14-12-18-6-4-3-5-7-18/h3-11,16,24H,12-15,17H2,1-2H3,(H,29,35). The summed E-state index contributed by atoms with van der Waals surface area (Å²) in [6.45, 7) is 1.55. The third kappa shape index (κ3) is 4.32. The SMILES string of the molecule is COc1c2c(cc3c1C(c1nnnn1-c1ccc(C(=O)NCCc4ccccc4)cc1)N(C)CC3)OCO2. The van der Waals surface area contributed by atoms with Gasteiger partial charge in [0.2, 0.25) is 12.5 Å². The first-order valence-corrected chi connectivity index (χ1v) is 12.5. The lowest BCUT2D eigenvalue weighted by Crippen LogP contribution is -2.35. The van der Waals surface area contributed by atoms with E-state index < -0.39 is 0 Å². The van der Waals surface area contributed by atoms with E-state index in [9.17, 15) is 4.79 Å². The number of likely N-dealkylation sites (N-methyl/N-ethyl adjacent to an activating group) is 1. The van der Waals surface area contributed by atoms with Gasteiger partial charge >= 0.3 is 0 Å². The van der Waals surface area contributed by atoms with Gasteiger partial charge in [0.1, 0.15) is 6.04 Å². The molecule has 2 aliphatic rings. The first kappa shape index (κ1) is 23.9. The largest absolute Gasteiger partial charge is 0.492 e. The van der Waals surface area contributed by atoms with Gasteiger partial charge in [0.05, 0.1) is 12.8 Å². The van der Waals surface area contributed by atoms with Crippen LogP contribution >= 0.6 is 0 Å². The number of aromatic nitrogens is 4. The Bertz CT molecular complexity index is 1450. The van der Waals surface area contributed by atoms with Crippen molar-refractivity contribution in [3.05, 3.63) is 88.7 Å². The lowest BCUT2D eigenvalue weighted by Gasteiger charge is -2.34. The van der Waals surface area contributed by atoms with Crippen LogP contribution < -0.4 is 19.5 Å². The molecule has 0 bridgehead atoms. The summed E-state index contributed by atoms with van der Waals surface area (Å²) in [6.07, 6.45) is 1.61. The van der Waals surface area contributed by atoms with Crippen LogP contribution in [0.15, 0.2) is 60.7 Å². The summed E-state index contributed by atoms with van der Waals surface area (Å²) in [4.78, 5) is 14.9. The molecule has 1 aromatic heterocycles. The second-order valence-corrected chi connectivity index (χ2v) is 9.34. The maximum absolute atomic E-state index is 12.7. The van der Waals surface area contributed by atoms with Crippen molar-refractivity contribution in [1.29, 1.82) is 0 Å². The van der Waals surface area contributed by atoms with Gasteiger partial charge in [-0.15, -0.1) is 5.10 Å². The zero-order chi connectivity index (χ0) is 26.1. The predicted octanol–water partition coefficient (Wildman–Crippen LogP) is 2.95. The lowest BCUT2D eigenvalue weighted by atomic mass is 9.90. The first-order chi connectivity index (χ1) is 18.6. The summed E-state index contributed by atoms with van der Waals surface area (Å²) in [5.41, 5.74) is 4.60. The van der Waals surface area contributed by atoms with Gasteiger partial charge < -0.3 is 19.5 Å². The molecule has 3 aromatic carbocycles. The van der Waals surface area contributed by atoms with E-state index in [1.165, 1.54) is 5.56 Å². The third-order valence-corrected chi connectivity index (χ3v) is 7.05. The fourth-order valence-corrected chi connectivity index (χ4v) is 5.13. The molecule has 0 aliphatic carbocycles. The van der Waals surface area contributed by atoms with Gasteiger partial charge in [-0.25, -0.2) is 0 Å². The number of benzene rings is 3. The molecule has 6 rings (SSSR count). The van der Waals surface area contributed by atoms with Gasteiger partial charge in [-0.1, -0.05) is 30.3 Å². The summed E-state index contributed by atoms with van der Waals surface area (Å²) in [5.74, 6) is 2.47. The number of tetrazole rings is 1. The van der Waals surface area contributed by atoms with Crippen molar-refractivity contribution in [1.82, 2.24) is 30.4 Å². The molecule has 38 heavy (non-hydrogen) atoms. The Morgan fingerprint density at radius 3 is 2.74 bits per heavy atom. The van der Waals surface area contributed by atoms with Crippen molar-refractivity contribution in [3.8, 4) is 22.9 Å². The Labute approximate surface area is 220 Å². The number of carbonyl (C=O) groups excluding carboxylic acids is 1. The molecule has 0 spiro atoms. The number of carbonyl (C=O) groups is 1. The number of nitrogens with zero attached hydrogens (tertiary/aromatic N) is 5. The van der Waals surface area contributed by atoms with Crippen molar-refractivity contribution < 1.29 is 19.0 Å². The van der Waals surface area contributed by atoms with E-state index in [1.54, 1.807) is 23.9 Å². The maximum atomic E-state index is 12.7. The second kappa shape index (κ2) is 10.1. The summed E-state index contributed by atoms with van der Waals surface area (Å²) < 4.78 is 18.9. The molecule has 1 N–H and O–H groups in total. The molecule has 10 nitrogen and oxygen atoms in total. The van der Waals surface area contributed by atoms with E-state index in [0.29, 0.717) is 35.2 Å². The number of methoxy groups -OCH3 is 1. The van der Waals surface area contributed by atoms with Crippen LogP contribution in [0.2, 0.25) is 0 Å². The number of ether oxygens (including phenoxy) is 3. The number of rotatable bonds is 7. The Balaban J connectivity index is 1.25. The number of hydrogen-bond donors (Lipinski definition) is 1. The number of amides is 1. The molecule has 0 fully saturated rings. The van der Waals surface area contributed by atoms with E-state index >= 15 is 0 Å². The van der Waals surface area contributed by atoms with Crippen LogP contribution in [-0.4, -0.2) is 65.1 Å². The third-order valence-electron chi connectivity index (χ3n) is 7.05. The minimum absolute atomic E-state index is 0.119. The molecule has 0 saturated carbocycles. The minimum Gasteiger partial charge on any atom is -0.492 e. The highest BCUT2D eigenvalue weighted by Crippen LogP contribution is 2.50. The van der Waals surface area contributed by atoms with E-state index in [0.717, 1.165) is 36.2 Å². The normalized spacial score (nSPS) is 16.2. The molecule has 1 amide bonds. The summed E-state index contributed by atoms with van der Waals surface area (Å²) in [6, 6.07) is 19.1. The second-order valence-electron chi connectivity index (χ2n) is 9.34. The molecular weight excluding hydrogens is 484 g/mol. The molecular formula is C28H28N6O4. The van der Waals surface area contributed by atoms with Crippen LogP contribution in [0.4, 0.5) is 0 Å². The van der Waals surface area contributed by atoms with Crippen molar-refractivity contribution >= 4 is 5.91 Å². The predicted molar refractivity (Wildman–Crippen MR) is 139 cm³/mol. The zero-order valence-electron chi connectivity index (χ0n) is 21.3. The number of nitrogens with one attached hydrogen (secondary N) is 1. The van der Waals surface area contributed by atoms with Gasteiger partial charge in [0.25, 0.3) is 5.91 Å². The highest BCUT2D eigenvalue weighted by Gasteiger charge is 2.37. The van der Waals surface area contributed by atoms with Crippen LogP contribution in [0.3, 0.4) is 0 Å². The molecule has 1 atom stereocenters. The number of hydrogen-bond acceptors (Lipinski definition) is 8. The molecule has 3 heterocycles. The lowest BCUT2D eigenvalue weighted by molar-refractivity contribution is 0.0954. The Kier molecular flexibility index (Phi) is 6.38. The molecule has 2 aliphatic heterocycles. The van der Waals surface area contributed by atoms with Gasteiger partial charge in [-0.05, 0) is 71.8 Å². The quantitative estimate of drug-likeness (QED) is 0.403. The van der Waals surface area contributed by atoms with Gasteiger partial charge in [0.15, 0.2) is 17.3 Å².